The highest BCUT2D eigenvalue weighted by Crippen LogP contribution is 2.26. The Kier molecular flexibility index (Phi) is 4.79. The molecule has 124 valence electrons. The van der Waals surface area contributed by atoms with Gasteiger partial charge >= 0.3 is 5.97 Å². The molecule has 0 radical (unpaired) electrons. The van der Waals surface area contributed by atoms with Gasteiger partial charge in [-0.3, -0.25) is 4.79 Å². The highest BCUT2D eigenvalue weighted by atomic mass is 16.5. The van der Waals surface area contributed by atoms with Crippen LogP contribution in [0.5, 0.6) is 5.75 Å². The van der Waals surface area contributed by atoms with Crippen LogP contribution >= 0.6 is 0 Å². The summed E-state index contributed by atoms with van der Waals surface area (Å²) in [5.74, 6) is -0.0302. The number of carbonyl (C=O) groups is 2. The van der Waals surface area contributed by atoms with Gasteiger partial charge in [-0.2, -0.15) is 0 Å². The van der Waals surface area contributed by atoms with Crippen LogP contribution in [0.1, 0.15) is 34.5 Å². The van der Waals surface area contributed by atoms with Crippen LogP contribution in [0.15, 0.2) is 48.5 Å². The number of amides is 1. The molecule has 0 aromatic heterocycles. The van der Waals surface area contributed by atoms with Crippen LogP contribution in [-0.2, 0) is 16.0 Å². The molecule has 0 aliphatic carbocycles. The molecule has 0 fully saturated rings. The molecule has 0 saturated heterocycles. The van der Waals surface area contributed by atoms with Crippen LogP contribution in [0.25, 0.3) is 0 Å². The fourth-order valence-corrected chi connectivity index (χ4v) is 2.64. The first kappa shape index (κ1) is 16.1. The first-order valence-electron chi connectivity index (χ1n) is 7.90. The zero-order valence-corrected chi connectivity index (χ0v) is 13.5. The normalized spacial score (nSPS) is 13.5. The Morgan fingerprint density at radius 2 is 2.00 bits per heavy atom. The van der Waals surface area contributed by atoms with Gasteiger partial charge in [-0.25, -0.2) is 4.79 Å². The van der Waals surface area contributed by atoms with Crippen LogP contribution in [0, 0.1) is 0 Å². The van der Waals surface area contributed by atoms with Gasteiger partial charge in [0.05, 0.1) is 18.2 Å². The Balaban J connectivity index is 1.51. The predicted octanol–water partition coefficient (Wildman–Crippen LogP) is 2.66. The molecule has 2 aromatic rings. The number of hydrogen-bond donors (Lipinski definition) is 1. The molecule has 0 unspecified atom stereocenters. The SMILES string of the molecule is C[C@H](NC(=O)COC(=O)c1ccc2c(c1)CCO2)c1ccccc1. The quantitative estimate of drug-likeness (QED) is 0.859. The van der Waals surface area contributed by atoms with Crippen molar-refractivity contribution in [2.75, 3.05) is 13.2 Å². The van der Waals surface area contributed by atoms with Crippen LogP contribution in [0.2, 0.25) is 0 Å². The monoisotopic (exact) mass is 325 g/mol. The van der Waals surface area contributed by atoms with E-state index in [1.165, 1.54) is 0 Å². The van der Waals surface area contributed by atoms with E-state index < -0.39 is 5.97 Å². The van der Waals surface area contributed by atoms with E-state index in [1.54, 1.807) is 18.2 Å². The molecule has 0 spiro atoms. The van der Waals surface area contributed by atoms with Crippen LogP contribution in [0.3, 0.4) is 0 Å². The average Bonchev–Trinajstić information content (AvgIpc) is 3.08. The van der Waals surface area contributed by atoms with E-state index in [9.17, 15) is 9.59 Å². The van der Waals surface area contributed by atoms with E-state index >= 15 is 0 Å². The molecule has 1 aliphatic rings. The van der Waals surface area contributed by atoms with Crippen molar-refractivity contribution < 1.29 is 19.1 Å². The van der Waals surface area contributed by atoms with Crippen molar-refractivity contribution in [3.8, 4) is 5.75 Å². The standard InChI is InChI=1S/C19H19NO4/c1-13(14-5-3-2-4-6-14)20-18(21)12-24-19(22)16-7-8-17-15(11-16)9-10-23-17/h2-8,11,13H,9-10,12H2,1H3,(H,20,21)/t13-/m0/s1. The number of benzene rings is 2. The lowest BCUT2D eigenvalue weighted by Crippen LogP contribution is -2.31. The molecule has 0 bridgehead atoms. The minimum absolute atomic E-state index is 0.144. The topological polar surface area (TPSA) is 64.6 Å². The third kappa shape index (κ3) is 3.74. The van der Waals surface area contributed by atoms with Gasteiger partial charge in [0.2, 0.25) is 0 Å². The van der Waals surface area contributed by atoms with Crippen molar-refractivity contribution >= 4 is 11.9 Å². The summed E-state index contributed by atoms with van der Waals surface area (Å²) in [6.07, 6.45) is 0.783. The molecule has 5 heteroatoms. The first-order valence-corrected chi connectivity index (χ1v) is 7.90. The summed E-state index contributed by atoms with van der Waals surface area (Å²) in [4.78, 5) is 24.0. The zero-order chi connectivity index (χ0) is 16.9. The lowest BCUT2D eigenvalue weighted by Gasteiger charge is -2.14. The van der Waals surface area contributed by atoms with Crippen molar-refractivity contribution in [2.24, 2.45) is 0 Å². The van der Waals surface area contributed by atoms with Gasteiger partial charge < -0.3 is 14.8 Å². The number of esters is 1. The minimum Gasteiger partial charge on any atom is -0.493 e. The molecule has 5 nitrogen and oxygen atoms in total. The Hall–Kier alpha value is -2.82. The number of nitrogens with one attached hydrogen (secondary N) is 1. The Morgan fingerprint density at radius 3 is 2.79 bits per heavy atom. The summed E-state index contributed by atoms with van der Waals surface area (Å²) in [6.45, 7) is 2.22. The fourth-order valence-electron chi connectivity index (χ4n) is 2.64. The van der Waals surface area contributed by atoms with Gasteiger partial charge in [0, 0.05) is 6.42 Å². The molecule has 1 aliphatic heterocycles. The molecular weight excluding hydrogens is 306 g/mol. The maximum absolute atomic E-state index is 12.1. The van der Waals surface area contributed by atoms with Gasteiger partial charge in [-0.1, -0.05) is 30.3 Å². The van der Waals surface area contributed by atoms with Crippen LogP contribution in [-0.4, -0.2) is 25.1 Å². The second-order valence-corrected chi connectivity index (χ2v) is 5.70. The zero-order valence-electron chi connectivity index (χ0n) is 13.5. The maximum Gasteiger partial charge on any atom is 0.338 e. The Morgan fingerprint density at radius 1 is 1.21 bits per heavy atom. The van der Waals surface area contributed by atoms with Gasteiger partial charge in [0.25, 0.3) is 5.91 Å². The summed E-state index contributed by atoms with van der Waals surface area (Å²) in [5.41, 5.74) is 2.42. The van der Waals surface area contributed by atoms with E-state index in [-0.39, 0.29) is 18.6 Å². The summed E-state index contributed by atoms with van der Waals surface area (Å²) in [5, 5.41) is 2.81. The lowest BCUT2D eigenvalue weighted by molar-refractivity contribution is -0.124. The fraction of sp³-hybridized carbons (Fsp3) is 0.263. The molecule has 1 amide bonds. The number of ether oxygens (including phenoxy) is 2. The summed E-state index contributed by atoms with van der Waals surface area (Å²) < 4.78 is 10.5. The molecule has 1 N–H and O–H groups in total. The van der Waals surface area contributed by atoms with Crippen molar-refractivity contribution in [1.29, 1.82) is 0 Å². The first-order chi connectivity index (χ1) is 11.6. The smallest absolute Gasteiger partial charge is 0.338 e. The van der Waals surface area contributed by atoms with E-state index in [0.29, 0.717) is 12.2 Å². The number of rotatable bonds is 5. The van der Waals surface area contributed by atoms with Gasteiger partial charge in [0.15, 0.2) is 6.61 Å². The van der Waals surface area contributed by atoms with Crippen LogP contribution in [0.4, 0.5) is 0 Å². The highest BCUT2D eigenvalue weighted by Gasteiger charge is 2.17. The minimum atomic E-state index is -0.507. The van der Waals surface area contributed by atoms with Crippen molar-refractivity contribution in [2.45, 2.75) is 19.4 Å². The Bertz CT molecular complexity index is 742. The highest BCUT2D eigenvalue weighted by molar-refractivity contribution is 5.91. The van der Waals surface area contributed by atoms with E-state index in [4.69, 9.17) is 9.47 Å². The van der Waals surface area contributed by atoms with Gasteiger partial charge in [-0.05, 0) is 36.2 Å². The Labute approximate surface area is 140 Å². The van der Waals surface area contributed by atoms with Gasteiger partial charge in [-0.15, -0.1) is 0 Å². The van der Waals surface area contributed by atoms with Gasteiger partial charge in [0.1, 0.15) is 5.75 Å². The van der Waals surface area contributed by atoms with E-state index in [2.05, 4.69) is 5.32 Å². The third-order valence-corrected chi connectivity index (χ3v) is 3.94. The molecule has 24 heavy (non-hydrogen) atoms. The number of hydrogen-bond acceptors (Lipinski definition) is 4. The second kappa shape index (κ2) is 7.17. The summed E-state index contributed by atoms with van der Waals surface area (Å²) in [6, 6.07) is 14.6. The molecule has 2 aromatic carbocycles. The van der Waals surface area contributed by atoms with Crippen LogP contribution < -0.4 is 10.1 Å². The number of fused-ring (bicyclic) bond motifs is 1. The third-order valence-electron chi connectivity index (χ3n) is 3.94. The molecule has 0 saturated carbocycles. The lowest BCUT2D eigenvalue weighted by atomic mass is 10.1. The molecule has 1 heterocycles. The molecule has 3 rings (SSSR count). The second-order valence-electron chi connectivity index (χ2n) is 5.70. The summed E-state index contributed by atoms with van der Waals surface area (Å²) in [7, 11) is 0. The molecule has 1 atom stereocenters. The van der Waals surface area contributed by atoms with E-state index in [1.807, 2.05) is 37.3 Å². The molecular formula is C19H19NO4. The van der Waals surface area contributed by atoms with Crippen molar-refractivity contribution in [3.63, 3.8) is 0 Å². The van der Waals surface area contributed by atoms with Crippen molar-refractivity contribution in [1.82, 2.24) is 5.32 Å². The summed E-state index contributed by atoms with van der Waals surface area (Å²) >= 11 is 0. The van der Waals surface area contributed by atoms with Crippen molar-refractivity contribution in [3.05, 3.63) is 65.2 Å². The average molecular weight is 325 g/mol. The van der Waals surface area contributed by atoms with E-state index in [0.717, 1.165) is 23.3 Å². The largest absolute Gasteiger partial charge is 0.493 e. The maximum atomic E-state index is 12.1. The predicted molar refractivity (Wildman–Crippen MR) is 88.9 cm³/mol. The number of carbonyl (C=O) groups excluding carboxylic acids is 2.